The zero-order valence-corrected chi connectivity index (χ0v) is 17.1. The zero-order valence-electron chi connectivity index (χ0n) is 17.1. The third kappa shape index (κ3) is 4.73. The molecule has 29 heavy (non-hydrogen) atoms. The summed E-state index contributed by atoms with van der Waals surface area (Å²) < 4.78 is 2.08. The maximum atomic E-state index is 12.8. The largest absolute Gasteiger partial charge is 0.355 e. The molecule has 1 amide bonds. The summed E-state index contributed by atoms with van der Waals surface area (Å²) in [5.41, 5.74) is 4.41. The van der Waals surface area contributed by atoms with E-state index >= 15 is 0 Å². The number of nitrogens with one attached hydrogen (secondary N) is 1. The number of carbonyl (C=O) groups is 1. The van der Waals surface area contributed by atoms with E-state index in [1.165, 1.54) is 5.69 Å². The van der Waals surface area contributed by atoms with E-state index in [0.29, 0.717) is 13.0 Å². The Labute approximate surface area is 172 Å². The number of aryl methyl sites for hydroxylation is 2. The van der Waals surface area contributed by atoms with E-state index in [0.717, 1.165) is 36.3 Å². The second kappa shape index (κ2) is 8.19. The number of aromatic nitrogens is 3. The molecule has 4 rings (SSSR count). The molecule has 1 fully saturated rings. The Hall–Kier alpha value is -2.95. The summed E-state index contributed by atoms with van der Waals surface area (Å²) in [6.07, 6.45) is 4.45. The fourth-order valence-electron chi connectivity index (χ4n) is 3.92. The minimum atomic E-state index is -0.0384. The van der Waals surface area contributed by atoms with Crippen molar-refractivity contribution >= 4 is 5.91 Å². The second-order valence-electron chi connectivity index (χ2n) is 8.28. The van der Waals surface area contributed by atoms with E-state index in [2.05, 4.69) is 45.2 Å². The van der Waals surface area contributed by atoms with Gasteiger partial charge in [0.1, 0.15) is 0 Å². The van der Waals surface area contributed by atoms with E-state index in [1.807, 2.05) is 43.3 Å². The molecule has 1 atom stereocenters. The SMILES string of the molecule is Cc1cc(C)n(CC2(CNC(=O)C[C@@H](c3ccccc3)c3ccccn3)CC2)n1. The molecule has 150 valence electrons. The van der Waals surface area contributed by atoms with Crippen LogP contribution in [0.3, 0.4) is 0 Å². The minimum Gasteiger partial charge on any atom is -0.355 e. The smallest absolute Gasteiger partial charge is 0.221 e. The first-order valence-corrected chi connectivity index (χ1v) is 10.3. The van der Waals surface area contributed by atoms with Crippen LogP contribution in [0.5, 0.6) is 0 Å². The van der Waals surface area contributed by atoms with Gasteiger partial charge in [-0.3, -0.25) is 14.5 Å². The molecule has 5 heteroatoms. The number of hydrogen-bond acceptors (Lipinski definition) is 3. The van der Waals surface area contributed by atoms with Crippen LogP contribution in [0.4, 0.5) is 0 Å². The lowest BCUT2D eigenvalue weighted by Gasteiger charge is -2.20. The van der Waals surface area contributed by atoms with Crippen molar-refractivity contribution in [1.82, 2.24) is 20.1 Å². The summed E-state index contributed by atoms with van der Waals surface area (Å²) in [6.45, 7) is 5.68. The highest BCUT2D eigenvalue weighted by molar-refractivity contribution is 5.77. The van der Waals surface area contributed by atoms with E-state index in [9.17, 15) is 4.79 Å². The highest BCUT2D eigenvalue weighted by atomic mass is 16.1. The normalized spacial score (nSPS) is 15.7. The van der Waals surface area contributed by atoms with Gasteiger partial charge in [-0.2, -0.15) is 5.10 Å². The average molecular weight is 389 g/mol. The molecule has 0 radical (unpaired) electrons. The lowest BCUT2D eigenvalue weighted by Crippen LogP contribution is -2.33. The van der Waals surface area contributed by atoms with Crippen molar-refractivity contribution in [2.75, 3.05) is 6.54 Å². The molecule has 1 aromatic carbocycles. The molecule has 0 spiro atoms. The molecule has 0 unspecified atom stereocenters. The zero-order chi connectivity index (χ0) is 20.3. The molecule has 1 saturated carbocycles. The summed E-state index contributed by atoms with van der Waals surface area (Å²) in [4.78, 5) is 17.3. The van der Waals surface area contributed by atoms with Gasteiger partial charge in [0.15, 0.2) is 0 Å². The first-order valence-electron chi connectivity index (χ1n) is 10.3. The molecule has 0 saturated heterocycles. The van der Waals surface area contributed by atoms with E-state index in [1.54, 1.807) is 6.20 Å². The number of benzene rings is 1. The maximum Gasteiger partial charge on any atom is 0.221 e. The Morgan fingerprint density at radius 3 is 2.52 bits per heavy atom. The molecule has 0 aliphatic heterocycles. The van der Waals surface area contributed by atoms with E-state index < -0.39 is 0 Å². The van der Waals surface area contributed by atoms with Crippen molar-refractivity contribution in [3.8, 4) is 0 Å². The summed E-state index contributed by atoms with van der Waals surface area (Å²) in [6, 6.07) is 18.1. The Morgan fingerprint density at radius 2 is 1.90 bits per heavy atom. The van der Waals surface area contributed by atoms with Gasteiger partial charge in [-0.25, -0.2) is 0 Å². The average Bonchev–Trinajstić information content (AvgIpc) is 3.43. The molecule has 5 nitrogen and oxygen atoms in total. The van der Waals surface area contributed by atoms with Crippen LogP contribution in [0.2, 0.25) is 0 Å². The lowest BCUT2D eigenvalue weighted by molar-refractivity contribution is -0.121. The highest BCUT2D eigenvalue weighted by Crippen LogP contribution is 2.46. The fourth-order valence-corrected chi connectivity index (χ4v) is 3.92. The second-order valence-corrected chi connectivity index (χ2v) is 8.28. The van der Waals surface area contributed by atoms with Crippen molar-refractivity contribution in [1.29, 1.82) is 0 Å². The number of nitrogens with zero attached hydrogens (tertiary/aromatic N) is 3. The van der Waals surface area contributed by atoms with Crippen LogP contribution in [-0.4, -0.2) is 27.2 Å². The summed E-state index contributed by atoms with van der Waals surface area (Å²) >= 11 is 0. The number of pyridine rings is 1. The van der Waals surface area contributed by atoms with E-state index in [-0.39, 0.29) is 17.2 Å². The molecular formula is C24H28N4O. The predicted octanol–water partition coefficient (Wildman–Crippen LogP) is 4.01. The van der Waals surface area contributed by atoms with E-state index in [4.69, 9.17) is 0 Å². The van der Waals surface area contributed by atoms with Crippen LogP contribution in [-0.2, 0) is 11.3 Å². The van der Waals surface area contributed by atoms with Gasteiger partial charge in [-0.05, 0) is 50.5 Å². The maximum absolute atomic E-state index is 12.8. The van der Waals surface area contributed by atoms with Gasteiger partial charge in [0.25, 0.3) is 0 Å². The predicted molar refractivity (Wildman–Crippen MR) is 114 cm³/mol. The van der Waals surface area contributed by atoms with Gasteiger partial charge in [0.05, 0.1) is 5.69 Å². The third-order valence-corrected chi connectivity index (χ3v) is 5.84. The van der Waals surface area contributed by atoms with Crippen molar-refractivity contribution in [2.45, 2.75) is 45.6 Å². The van der Waals surface area contributed by atoms with Crippen LogP contribution in [0, 0.1) is 19.3 Å². The molecule has 2 aromatic heterocycles. The minimum absolute atomic E-state index is 0.0384. The van der Waals surface area contributed by atoms with Gasteiger partial charge >= 0.3 is 0 Å². The van der Waals surface area contributed by atoms with Crippen molar-refractivity contribution in [2.24, 2.45) is 5.41 Å². The number of rotatable bonds is 8. The molecular weight excluding hydrogens is 360 g/mol. The van der Waals surface area contributed by atoms with Crippen LogP contribution in [0.25, 0.3) is 0 Å². The van der Waals surface area contributed by atoms with Gasteiger partial charge < -0.3 is 5.32 Å². The number of amides is 1. The van der Waals surface area contributed by atoms with Crippen molar-refractivity contribution < 1.29 is 4.79 Å². The Morgan fingerprint density at radius 1 is 1.14 bits per heavy atom. The first-order chi connectivity index (χ1) is 14.0. The molecule has 2 heterocycles. The molecule has 1 aliphatic rings. The number of carbonyl (C=O) groups excluding carboxylic acids is 1. The monoisotopic (exact) mass is 388 g/mol. The Kier molecular flexibility index (Phi) is 5.47. The topological polar surface area (TPSA) is 59.8 Å². The van der Waals surface area contributed by atoms with Crippen LogP contribution >= 0.6 is 0 Å². The molecule has 1 N–H and O–H groups in total. The summed E-state index contributed by atoms with van der Waals surface area (Å²) in [7, 11) is 0. The summed E-state index contributed by atoms with van der Waals surface area (Å²) in [5.74, 6) is 0.0349. The van der Waals surface area contributed by atoms with Crippen molar-refractivity contribution in [3.05, 3.63) is 83.4 Å². The van der Waals surface area contributed by atoms with Gasteiger partial charge in [0.2, 0.25) is 5.91 Å². The van der Waals surface area contributed by atoms with Gasteiger partial charge in [0, 0.05) is 48.4 Å². The lowest BCUT2D eigenvalue weighted by atomic mass is 9.91. The third-order valence-electron chi connectivity index (χ3n) is 5.84. The number of hydrogen-bond donors (Lipinski definition) is 1. The summed E-state index contributed by atoms with van der Waals surface area (Å²) in [5, 5.41) is 7.78. The standard InChI is InChI=1S/C24H28N4O/c1-18-14-19(2)28(27-18)17-24(11-12-24)16-26-23(29)15-21(20-8-4-3-5-9-20)22-10-6-7-13-25-22/h3-10,13-14,21H,11-12,15-17H2,1-2H3,(H,26,29)/t21-/m0/s1. The fraction of sp³-hybridized carbons (Fsp3) is 0.375. The highest BCUT2D eigenvalue weighted by Gasteiger charge is 2.43. The van der Waals surface area contributed by atoms with Gasteiger partial charge in [-0.15, -0.1) is 0 Å². The van der Waals surface area contributed by atoms with Crippen LogP contribution in [0.15, 0.2) is 60.8 Å². The Bertz CT molecular complexity index is 922. The Balaban J connectivity index is 1.40. The van der Waals surface area contributed by atoms with Crippen LogP contribution in [0.1, 0.15) is 47.8 Å². The van der Waals surface area contributed by atoms with Crippen molar-refractivity contribution in [3.63, 3.8) is 0 Å². The molecule has 0 bridgehead atoms. The molecule has 1 aliphatic carbocycles. The van der Waals surface area contributed by atoms with Crippen LogP contribution < -0.4 is 5.32 Å². The molecule has 3 aromatic rings. The van der Waals surface area contributed by atoms with Gasteiger partial charge in [-0.1, -0.05) is 36.4 Å². The first kappa shape index (κ1) is 19.4. The quantitative estimate of drug-likeness (QED) is 0.634.